The molecule has 1 unspecified atom stereocenters. The van der Waals surface area contributed by atoms with Crippen molar-refractivity contribution in [2.75, 3.05) is 33.4 Å². The lowest BCUT2D eigenvalue weighted by molar-refractivity contribution is 0.0155. The molecule has 11 nitrogen and oxygen atoms in total. The van der Waals surface area contributed by atoms with Gasteiger partial charge < -0.3 is 19.1 Å². The van der Waals surface area contributed by atoms with Gasteiger partial charge in [-0.05, 0) is 52.0 Å². The molecule has 206 valence electrons. The maximum absolute atomic E-state index is 12.6. The van der Waals surface area contributed by atoms with E-state index in [4.69, 9.17) is 19.3 Å². The highest BCUT2D eigenvalue weighted by Gasteiger charge is 2.28. The van der Waals surface area contributed by atoms with Crippen molar-refractivity contribution in [2.45, 2.75) is 58.6 Å². The normalized spacial score (nSPS) is 17.7. The highest BCUT2D eigenvalue weighted by atomic mass is 16.6. The minimum absolute atomic E-state index is 0.253. The fourth-order valence-electron chi connectivity index (χ4n) is 5.25. The van der Waals surface area contributed by atoms with E-state index in [2.05, 4.69) is 16.2 Å². The smallest absolute Gasteiger partial charge is 0.410 e. The molecule has 1 saturated heterocycles. The maximum Gasteiger partial charge on any atom is 0.410 e. The summed E-state index contributed by atoms with van der Waals surface area (Å²) in [5.41, 5.74) is 4.50. The molecule has 3 aromatic rings. The van der Waals surface area contributed by atoms with Crippen LogP contribution in [-0.2, 0) is 28.9 Å². The summed E-state index contributed by atoms with van der Waals surface area (Å²) in [6, 6.07) is 3.90. The van der Waals surface area contributed by atoms with Gasteiger partial charge in [-0.25, -0.2) is 14.5 Å². The standard InChI is InChI=1S/C28H35N7O4/c1-28(2,3)39-27(36)33-9-5-6-19(16-33)17-34-18-21(14-31-34)25-23-7-10-38-11-8-24(23)35(32-25)22-12-20(13-29)26(37-4)30-15-22/h12,14-15,18-19H,5-11,16-17H2,1-4H3. The van der Waals surface area contributed by atoms with Crippen LogP contribution in [0.25, 0.3) is 16.9 Å². The first-order chi connectivity index (χ1) is 18.8. The second-order valence-electron chi connectivity index (χ2n) is 11.0. The third kappa shape index (κ3) is 5.91. The van der Waals surface area contributed by atoms with Crippen LogP contribution in [0, 0.1) is 17.2 Å². The number of ether oxygens (including phenoxy) is 3. The first kappa shape index (κ1) is 26.7. The molecule has 0 bridgehead atoms. The zero-order valence-corrected chi connectivity index (χ0v) is 23.0. The number of likely N-dealkylation sites (tertiary alicyclic amines) is 1. The fraction of sp³-hybridized carbons (Fsp3) is 0.536. The first-order valence-electron chi connectivity index (χ1n) is 13.4. The van der Waals surface area contributed by atoms with Gasteiger partial charge in [-0.15, -0.1) is 0 Å². The minimum atomic E-state index is -0.508. The summed E-state index contributed by atoms with van der Waals surface area (Å²) in [5.74, 6) is 0.578. The minimum Gasteiger partial charge on any atom is -0.480 e. The average Bonchev–Trinajstić information content (AvgIpc) is 3.43. The molecule has 0 aromatic carbocycles. The molecule has 5 rings (SSSR count). The number of pyridine rings is 1. The zero-order valence-electron chi connectivity index (χ0n) is 23.0. The summed E-state index contributed by atoms with van der Waals surface area (Å²) in [6.07, 6.45) is 8.70. The third-order valence-electron chi connectivity index (χ3n) is 6.99. The number of carbonyl (C=O) groups excluding carboxylic acids is 1. The van der Waals surface area contributed by atoms with Crippen LogP contribution in [0.1, 0.15) is 50.4 Å². The zero-order chi connectivity index (χ0) is 27.6. The lowest BCUT2D eigenvalue weighted by Crippen LogP contribution is -2.43. The van der Waals surface area contributed by atoms with Crippen molar-refractivity contribution in [3.63, 3.8) is 0 Å². The fourth-order valence-corrected chi connectivity index (χ4v) is 5.25. The van der Waals surface area contributed by atoms with Crippen LogP contribution in [0.4, 0.5) is 4.79 Å². The van der Waals surface area contributed by atoms with Crippen LogP contribution in [0.5, 0.6) is 5.88 Å². The Labute approximate surface area is 228 Å². The molecule has 2 aliphatic rings. The van der Waals surface area contributed by atoms with E-state index < -0.39 is 5.60 Å². The van der Waals surface area contributed by atoms with E-state index in [0.717, 1.165) is 48.3 Å². The molecule has 1 fully saturated rings. The Morgan fingerprint density at radius 2 is 2.08 bits per heavy atom. The molecule has 1 atom stereocenters. The van der Waals surface area contributed by atoms with Gasteiger partial charge in [0.25, 0.3) is 0 Å². The number of hydrogen-bond acceptors (Lipinski definition) is 8. The number of hydrogen-bond donors (Lipinski definition) is 0. The Kier molecular flexibility index (Phi) is 7.57. The van der Waals surface area contributed by atoms with Crippen LogP contribution in [0.3, 0.4) is 0 Å². The number of methoxy groups -OCH3 is 1. The number of nitriles is 1. The molecule has 5 heterocycles. The molecule has 0 radical (unpaired) electrons. The van der Waals surface area contributed by atoms with Crippen molar-refractivity contribution in [3.8, 4) is 28.9 Å². The van der Waals surface area contributed by atoms with Gasteiger partial charge in [0, 0.05) is 43.4 Å². The molecular weight excluding hydrogens is 498 g/mol. The van der Waals surface area contributed by atoms with Gasteiger partial charge in [0.05, 0.1) is 49.8 Å². The highest BCUT2D eigenvalue weighted by molar-refractivity contribution is 5.68. The Morgan fingerprint density at radius 3 is 2.85 bits per heavy atom. The maximum atomic E-state index is 12.6. The van der Waals surface area contributed by atoms with Crippen molar-refractivity contribution >= 4 is 6.09 Å². The number of piperidine rings is 1. The number of aromatic nitrogens is 5. The van der Waals surface area contributed by atoms with Crippen molar-refractivity contribution in [1.82, 2.24) is 29.4 Å². The molecule has 39 heavy (non-hydrogen) atoms. The summed E-state index contributed by atoms with van der Waals surface area (Å²) < 4.78 is 20.4. The Hall–Kier alpha value is -3.91. The van der Waals surface area contributed by atoms with Gasteiger partial charge in [-0.3, -0.25) is 4.68 Å². The van der Waals surface area contributed by atoms with Gasteiger partial charge in [-0.2, -0.15) is 15.5 Å². The molecule has 0 aliphatic carbocycles. The Bertz CT molecular complexity index is 1380. The molecule has 0 saturated carbocycles. The summed E-state index contributed by atoms with van der Waals surface area (Å²) in [6.45, 7) is 8.96. The van der Waals surface area contributed by atoms with Gasteiger partial charge in [0.1, 0.15) is 17.2 Å². The number of amides is 1. The van der Waals surface area contributed by atoms with Gasteiger partial charge in [0.2, 0.25) is 5.88 Å². The Balaban J connectivity index is 1.39. The summed E-state index contributed by atoms with van der Waals surface area (Å²) in [7, 11) is 1.50. The molecule has 1 amide bonds. The van der Waals surface area contributed by atoms with Crippen LogP contribution >= 0.6 is 0 Å². The largest absolute Gasteiger partial charge is 0.480 e. The van der Waals surface area contributed by atoms with Crippen molar-refractivity contribution in [1.29, 1.82) is 5.26 Å². The third-order valence-corrected chi connectivity index (χ3v) is 6.99. The summed E-state index contributed by atoms with van der Waals surface area (Å²) >= 11 is 0. The lowest BCUT2D eigenvalue weighted by atomic mass is 9.98. The molecule has 3 aromatic heterocycles. The van der Waals surface area contributed by atoms with Gasteiger partial charge >= 0.3 is 6.09 Å². The SMILES string of the molecule is COc1ncc(-n2nc(-c3cnn(CC4CCCN(C(=O)OC(C)(C)C)C4)c3)c3c2CCOCC3)cc1C#N. The second kappa shape index (κ2) is 11.1. The summed E-state index contributed by atoms with van der Waals surface area (Å²) in [4.78, 5) is 18.7. The molecular formula is C28H35N7O4. The van der Waals surface area contributed by atoms with E-state index >= 15 is 0 Å². The van der Waals surface area contributed by atoms with E-state index in [1.165, 1.54) is 7.11 Å². The molecule has 0 spiro atoms. The monoisotopic (exact) mass is 533 g/mol. The number of nitrogens with zero attached hydrogens (tertiary/aromatic N) is 7. The van der Waals surface area contributed by atoms with E-state index in [9.17, 15) is 10.1 Å². The van der Waals surface area contributed by atoms with Gasteiger partial charge in [-0.1, -0.05) is 0 Å². The van der Waals surface area contributed by atoms with Crippen LogP contribution < -0.4 is 4.74 Å². The quantitative estimate of drug-likeness (QED) is 0.486. The molecule has 2 aliphatic heterocycles. The van der Waals surface area contributed by atoms with Crippen molar-refractivity contribution in [3.05, 3.63) is 41.5 Å². The van der Waals surface area contributed by atoms with E-state index in [1.807, 2.05) is 47.4 Å². The van der Waals surface area contributed by atoms with E-state index in [-0.39, 0.29) is 17.9 Å². The second-order valence-corrected chi connectivity index (χ2v) is 11.0. The average molecular weight is 534 g/mol. The lowest BCUT2D eigenvalue weighted by Gasteiger charge is -2.34. The van der Waals surface area contributed by atoms with Crippen molar-refractivity contribution < 1.29 is 19.0 Å². The number of fused-ring (bicyclic) bond motifs is 1. The molecule has 0 N–H and O–H groups in total. The van der Waals surface area contributed by atoms with E-state index in [1.54, 1.807) is 12.3 Å². The number of carbonyl (C=O) groups is 1. The number of rotatable bonds is 5. The van der Waals surface area contributed by atoms with Crippen LogP contribution in [0.2, 0.25) is 0 Å². The Morgan fingerprint density at radius 1 is 1.26 bits per heavy atom. The van der Waals surface area contributed by atoms with Crippen molar-refractivity contribution in [2.24, 2.45) is 5.92 Å². The first-order valence-corrected chi connectivity index (χ1v) is 13.4. The summed E-state index contributed by atoms with van der Waals surface area (Å²) in [5, 5.41) is 19.2. The van der Waals surface area contributed by atoms with Crippen LogP contribution in [0.15, 0.2) is 24.7 Å². The predicted molar refractivity (Wildman–Crippen MR) is 143 cm³/mol. The predicted octanol–water partition coefficient (Wildman–Crippen LogP) is 3.77. The van der Waals surface area contributed by atoms with Gasteiger partial charge in [0.15, 0.2) is 0 Å². The highest BCUT2D eigenvalue weighted by Crippen LogP contribution is 2.31. The van der Waals surface area contributed by atoms with E-state index in [0.29, 0.717) is 44.0 Å². The van der Waals surface area contributed by atoms with Crippen LogP contribution in [-0.4, -0.2) is 74.6 Å². The molecule has 11 heteroatoms. The topological polar surface area (TPSA) is 120 Å².